The van der Waals surface area contributed by atoms with Crippen molar-refractivity contribution in [1.82, 2.24) is 4.98 Å². The highest BCUT2D eigenvalue weighted by molar-refractivity contribution is 5.44. The van der Waals surface area contributed by atoms with Crippen LogP contribution in [-0.2, 0) is 6.54 Å². The first kappa shape index (κ1) is 13.9. The molecule has 0 bridgehead atoms. The molecule has 0 fully saturated rings. The Morgan fingerprint density at radius 2 is 1.68 bits per heavy atom. The second-order valence-electron chi connectivity index (χ2n) is 4.78. The average Bonchev–Trinajstić information content (AvgIpc) is 2.58. The van der Waals surface area contributed by atoms with Crippen molar-refractivity contribution in [2.75, 3.05) is 5.06 Å². The van der Waals surface area contributed by atoms with Gasteiger partial charge in [-0.2, -0.15) is 0 Å². The van der Waals surface area contributed by atoms with E-state index in [-0.39, 0.29) is 5.75 Å². The molecule has 0 radical (unpaired) electrons. The summed E-state index contributed by atoms with van der Waals surface area (Å²) in [5, 5.41) is 11.7. The fourth-order valence-electron chi connectivity index (χ4n) is 2.09. The molecule has 0 atom stereocenters. The van der Waals surface area contributed by atoms with Crippen LogP contribution in [0, 0.1) is 0 Å². The van der Waals surface area contributed by atoms with Gasteiger partial charge in [0.1, 0.15) is 5.75 Å². The summed E-state index contributed by atoms with van der Waals surface area (Å²) in [6.45, 7) is 0.410. The van der Waals surface area contributed by atoms with E-state index in [0.29, 0.717) is 6.54 Å². The number of pyridine rings is 1. The van der Waals surface area contributed by atoms with Gasteiger partial charge in [0, 0.05) is 11.8 Å². The number of rotatable bonds is 5. The number of benzene rings is 2. The quantitative estimate of drug-likeness (QED) is 0.727. The van der Waals surface area contributed by atoms with Crippen LogP contribution in [0.5, 0.6) is 11.5 Å². The average molecular weight is 292 g/mol. The van der Waals surface area contributed by atoms with Crippen LogP contribution in [-0.4, -0.2) is 10.1 Å². The lowest BCUT2D eigenvalue weighted by Crippen LogP contribution is -2.26. The zero-order chi connectivity index (χ0) is 15.2. The highest BCUT2D eigenvalue weighted by Crippen LogP contribution is 2.23. The number of para-hydroxylation sites is 2. The lowest BCUT2D eigenvalue weighted by molar-refractivity contribution is 0.272. The van der Waals surface area contributed by atoms with Gasteiger partial charge in [-0.1, -0.05) is 36.4 Å². The molecule has 110 valence electrons. The lowest BCUT2D eigenvalue weighted by atomic mass is 10.2. The van der Waals surface area contributed by atoms with Crippen LogP contribution in [0.4, 0.5) is 5.69 Å². The molecule has 0 aliphatic rings. The minimum atomic E-state index is 0.244. The lowest BCUT2D eigenvalue weighted by Gasteiger charge is -2.24. The minimum absolute atomic E-state index is 0.244. The maximum Gasteiger partial charge on any atom is 0.155 e. The van der Waals surface area contributed by atoms with E-state index >= 15 is 0 Å². The Kier molecular flexibility index (Phi) is 4.20. The molecule has 4 heteroatoms. The number of hydroxylamine groups is 1. The van der Waals surface area contributed by atoms with E-state index in [1.165, 1.54) is 0 Å². The van der Waals surface area contributed by atoms with Crippen LogP contribution in [0.15, 0.2) is 79.1 Å². The number of hydrogen-bond acceptors (Lipinski definition) is 4. The maximum atomic E-state index is 9.97. The largest absolute Gasteiger partial charge is 0.508 e. The smallest absolute Gasteiger partial charge is 0.155 e. The first-order chi connectivity index (χ1) is 10.8. The first-order valence-electron chi connectivity index (χ1n) is 7.00. The molecule has 2 aromatic carbocycles. The van der Waals surface area contributed by atoms with Crippen LogP contribution >= 0.6 is 0 Å². The van der Waals surface area contributed by atoms with E-state index in [1.54, 1.807) is 29.6 Å². The van der Waals surface area contributed by atoms with Gasteiger partial charge in [0.05, 0.1) is 18.4 Å². The van der Waals surface area contributed by atoms with E-state index < -0.39 is 0 Å². The molecule has 0 spiro atoms. The molecule has 0 unspecified atom stereocenters. The summed E-state index contributed by atoms with van der Waals surface area (Å²) < 4.78 is 0. The molecule has 0 aliphatic heterocycles. The van der Waals surface area contributed by atoms with E-state index in [9.17, 15) is 5.11 Å². The van der Waals surface area contributed by atoms with Crippen LogP contribution < -0.4 is 9.90 Å². The molecule has 0 aliphatic carbocycles. The van der Waals surface area contributed by atoms with Gasteiger partial charge in [0.15, 0.2) is 5.75 Å². The molecule has 3 aromatic rings. The molecule has 1 N–H and O–H groups in total. The van der Waals surface area contributed by atoms with Gasteiger partial charge in [-0.25, -0.2) is 5.06 Å². The Hall–Kier alpha value is -3.01. The molecule has 0 amide bonds. The van der Waals surface area contributed by atoms with Crippen molar-refractivity contribution in [1.29, 1.82) is 0 Å². The monoisotopic (exact) mass is 292 g/mol. The molecule has 1 heterocycles. The predicted molar refractivity (Wildman–Crippen MR) is 85.6 cm³/mol. The molecule has 1 aromatic heterocycles. The summed E-state index contributed by atoms with van der Waals surface area (Å²) >= 11 is 0. The van der Waals surface area contributed by atoms with Gasteiger partial charge in [0.2, 0.25) is 0 Å². The minimum Gasteiger partial charge on any atom is -0.508 e. The number of aromatic nitrogens is 1. The third-order valence-electron chi connectivity index (χ3n) is 3.20. The summed E-state index contributed by atoms with van der Waals surface area (Å²) in [5.41, 5.74) is 1.59. The Morgan fingerprint density at radius 1 is 0.909 bits per heavy atom. The molecule has 0 saturated carbocycles. The maximum absolute atomic E-state index is 9.97. The highest BCUT2D eigenvalue weighted by Gasteiger charge is 2.12. The van der Waals surface area contributed by atoms with Gasteiger partial charge in [-0.15, -0.1) is 0 Å². The SMILES string of the molecule is Oc1ccccc1CN(Oc1ccccc1)c1cccnc1. The van der Waals surface area contributed by atoms with Gasteiger partial charge in [0.25, 0.3) is 0 Å². The van der Waals surface area contributed by atoms with Gasteiger partial charge in [-0.3, -0.25) is 4.98 Å². The number of aromatic hydroxyl groups is 1. The number of nitrogens with zero attached hydrogens (tertiary/aromatic N) is 2. The third-order valence-corrected chi connectivity index (χ3v) is 3.20. The van der Waals surface area contributed by atoms with Crippen molar-refractivity contribution in [3.05, 3.63) is 84.7 Å². The van der Waals surface area contributed by atoms with Crippen LogP contribution in [0.1, 0.15) is 5.56 Å². The van der Waals surface area contributed by atoms with E-state index in [4.69, 9.17) is 4.84 Å². The second-order valence-corrected chi connectivity index (χ2v) is 4.78. The molecule has 3 rings (SSSR count). The summed E-state index contributed by atoms with van der Waals surface area (Å²) in [6, 6.07) is 20.5. The van der Waals surface area contributed by atoms with Crippen molar-refractivity contribution in [3.63, 3.8) is 0 Å². The molecular formula is C18H16N2O2. The van der Waals surface area contributed by atoms with Gasteiger partial charge >= 0.3 is 0 Å². The second kappa shape index (κ2) is 6.63. The zero-order valence-corrected chi connectivity index (χ0v) is 12.0. The number of phenolic OH excluding ortho intramolecular Hbond substituents is 1. The van der Waals surface area contributed by atoms with E-state index in [2.05, 4.69) is 4.98 Å². The fourth-order valence-corrected chi connectivity index (χ4v) is 2.09. The molecule has 4 nitrogen and oxygen atoms in total. The first-order valence-corrected chi connectivity index (χ1v) is 7.00. The van der Waals surface area contributed by atoms with Gasteiger partial charge < -0.3 is 9.94 Å². The molecule has 0 saturated heterocycles. The number of anilines is 1. The number of phenols is 1. The third kappa shape index (κ3) is 3.35. The fraction of sp³-hybridized carbons (Fsp3) is 0.0556. The Labute approximate surface area is 129 Å². The topological polar surface area (TPSA) is 45.6 Å². The summed E-state index contributed by atoms with van der Waals surface area (Å²) in [5.74, 6) is 0.967. The van der Waals surface area contributed by atoms with Crippen molar-refractivity contribution in [2.45, 2.75) is 6.54 Å². The highest BCUT2D eigenvalue weighted by atomic mass is 16.7. The van der Waals surface area contributed by atoms with Crippen molar-refractivity contribution in [3.8, 4) is 11.5 Å². The summed E-state index contributed by atoms with van der Waals surface area (Å²) in [4.78, 5) is 10.1. The van der Waals surface area contributed by atoms with Crippen molar-refractivity contribution < 1.29 is 9.94 Å². The number of hydrogen-bond donors (Lipinski definition) is 1. The summed E-state index contributed by atoms with van der Waals surface area (Å²) in [6.07, 6.45) is 3.44. The zero-order valence-electron chi connectivity index (χ0n) is 12.0. The van der Waals surface area contributed by atoms with Crippen LogP contribution in [0.3, 0.4) is 0 Å². The normalized spacial score (nSPS) is 10.2. The predicted octanol–water partition coefficient (Wildman–Crippen LogP) is 3.79. The molecule has 22 heavy (non-hydrogen) atoms. The Morgan fingerprint density at radius 3 is 2.41 bits per heavy atom. The van der Waals surface area contributed by atoms with Crippen LogP contribution in [0.25, 0.3) is 0 Å². The van der Waals surface area contributed by atoms with Crippen molar-refractivity contribution in [2.24, 2.45) is 0 Å². The van der Waals surface area contributed by atoms with Crippen LogP contribution in [0.2, 0.25) is 0 Å². The van der Waals surface area contributed by atoms with Gasteiger partial charge in [-0.05, 0) is 30.3 Å². The van der Waals surface area contributed by atoms with E-state index in [0.717, 1.165) is 17.0 Å². The Bertz CT molecular complexity index is 717. The van der Waals surface area contributed by atoms with E-state index in [1.807, 2.05) is 54.6 Å². The van der Waals surface area contributed by atoms with Crippen molar-refractivity contribution >= 4 is 5.69 Å². The Balaban J connectivity index is 1.88. The standard InChI is InChI=1S/C18H16N2O2/c21-18-11-5-4-7-15(18)14-20(16-8-6-12-19-13-16)22-17-9-2-1-3-10-17/h1-13,21H,14H2. The summed E-state index contributed by atoms with van der Waals surface area (Å²) in [7, 11) is 0. The molecular weight excluding hydrogens is 276 g/mol.